The average molecular weight is 452 g/mol. The van der Waals surface area contributed by atoms with Crippen molar-refractivity contribution in [1.29, 1.82) is 0 Å². The van der Waals surface area contributed by atoms with Crippen LogP contribution < -0.4 is 10.6 Å². The number of fused-ring (bicyclic) bond motifs is 1. The van der Waals surface area contributed by atoms with Gasteiger partial charge in [-0.05, 0) is 84.4 Å². The second kappa shape index (κ2) is 8.91. The minimum Gasteiger partial charge on any atom is -0.332 e. The Morgan fingerprint density at radius 1 is 0.719 bits per heavy atom. The van der Waals surface area contributed by atoms with Crippen LogP contribution in [0, 0.1) is 6.92 Å². The molecule has 0 radical (unpaired) electrons. The van der Waals surface area contributed by atoms with Crippen LogP contribution in [0.4, 0.5) is 11.4 Å². The van der Waals surface area contributed by atoms with Crippen molar-refractivity contribution in [3.05, 3.63) is 103 Å². The number of aromatic nitrogens is 1. The zero-order valence-corrected chi connectivity index (χ0v) is 19.1. The van der Waals surface area contributed by atoms with E-state index in [0.29, 0.717) is 5.11 Å². The largest absolute Gasteiger partial charge is 0.332 e. The van der Waals surface area contributed by atoms with Crippen LogP contribution in [-0.2, 0) is 0 Å². The van der Waals surface area contributed by atoms with Gasteiger partial charge in [-0.15, -0.1) is 11.3 Å². The fourth-order valence-electron chi connectivity index (χ4n) is 3.52. The number of rotatable bonds is 4. The van der Waals surface area contributed by atoms with Crippen molar-refractivity contribution in [2.45, 2.75) is 6.92 Å². The summed E-state index contributed by atoms with van der Waals surface area (Å²) in [6, 6.07) is 33.1. The molecule has 0 saturated heterocycles. The molecule has 0 aliphatic heterocycles. The molecule has 0 aliphatic rings. The van der Waals surface area contributed by atoms with Crippen molar-refractivity contribution in [1.82, 2.24) is 4.98 Å². The number of nitrogens with zero attached hydrogens (tertiary/aromatic N) is 1. The lowest BCUT2D eigenvalue weighted by atomic mass is 10.1. The van der Waals surface area contributed by atoms with Crippen LogP contribution in [0.3, 0.4) is 0 Å². The highest BCUT2D eigenvalue weighted by Crippen LogP contribution is 2.31. The lowest BCUT2D eigenvalue weighted by molar-refractivity contribution is 1.45. The lowest BCUT2D eigenvalue weighted by Gasteiger charge is -2.11. The maximum atomic E-state index is 5.49. The Morgan fingerprint density at radius 2 is 1.31 bits per heavy atom. The molecule has 0 saturated carbocycles. The number of aryl methyl sites for hydroxylation is 1. The summed E-state index contributed by atoms with van der Waals surface area (Å²) in [6.07, 6.45) is 0. The third kappa shape index (κ3) is 4.54. The third-order valence-electron chi connectivity index (χ3n) is 5.18. The molecule has 5 heteroatoms. The van der Waals surface area contributed by atoms with Gasteiger partial charge in [-0.1, -0.05) is 48.5 Å². The first kappa shape index (κ1) is 20.4. The van der Waals surface area contributed by atoms with Gasteiger partial charge < -0.3 is 10.6 Å². The number of thiocarbonyl (C=S) groups is 1. The van der Waals surface area contributed by atoms with Crippen LogP contribution in [0.1, 0.15) is 5.56 Å². The predicted molar refractivity (Wildman–Crippen MR) is 142 cm³/mol. The molecule has 4 aromatic carbocycles. The number of thiazole rings is 1. The van der Waals surface area contributed by atoms with Gasteiger partial charge in [-0.3, -0.25) is 0 Å². The molecule has 32 heavy (non-hydrogen) atoms. The molecule has 0 unspecified atom stereocenters. The standard InChI is InChI=1S/C27H21N3S2/c1-18-7-16-24-25(17-18)32-26(30-24)21-10-14-23(15-11-21)29-27(31)28-22-12-8-20(9-13-22)19-5-3-2-4-6-19/h2-17H,1H3,(H2,28,29,31). The normalized spacial score (nSPS) is 10.8. The number of hydrogen-bond acceptors (Lipinski definition) is 3. The Balaban J connectivity index is 1.23. The number of benzene rings is 4. The lowest BCUT2D eigenvalue weighted by Crippen LogP contribution is -2.18. The summed E-state index contributed by atoms with van der Waals surface area (Å²) >= 11 is 7.21. The Hall–Kier alpha value is -3.54. The first-order valence-electron chi connectivity index (χ1n) is 10.4. The van der Waals surface area contributed by atoms with Crippen molar-refractivity contribution < 1.29 is 0 Å². The smallest absolute Gasteiger partial charge is 0.175 e. The maximum absolute atomic E-state index is 5.49. The SMILES string of the molecule is Cc1ccc2nc(-c3ccc(NC(=S)Nc4ccc(-c5ccccc5)cc4)cc3)sc2c1. The maximum Gasteiger partial charge on any atom is 0.175 e. The molecule has 2 N–H and O–H groups in total. The molecule has 1 heterocycles. The monoisotopic (exact) mass is 451 g/mol. The fraction of sp³-hybridized carbons (Fsp3) is 0.0370. The topological polar surface area (TPSA) is 37.0 Å². The van der Waals surface area contributed by atoms with E-state index in [9.17, 15) is 0 Å². The quantitative estimate of drug-likeness (QED) is 0.274. The van der Waals surface area contributed by atoms with Gasteiger partial charge in [0.1, 0.15) is 5.01 Å². The Morgan fingerprint density at radius 3 is 1.97 bits per heavy atom. The van der Waals surface area contributed by atoms with Crippen LogP contribution in [-0.4, -0.2) is 10.1 Å². The molecule has 5 rings (SSSR count). The van der Waals surface area contributed by atoms with Crippen LogP contribution in [0.2, 0.25) is 0 Å². The van der Waals surface area contributed by atoms with Crippen molar-refractivity contribution in [2.24, 2.45) is 0 Å². The summed E-state index contributed by atoms with van der Waals surface area (Å²) in [5.74, 6) is 0. The molecule has 0 amide bonds. The van der Waals surface area contributed by atoms with Crippen molar-refractivity contribution >= 4 is 50.3 Å². The molecular formula is C27H21N3S2. The predicted octanol–water partition coefficient (Wildman–Crippen LogP) is 7.75. The Bertz CT molecular complexity index is 1370. The first-order chi connectivity index (χ1) is 15.6. The highest BCUT2D eigenvalue weighted by Gasteiger charge is 2.07. The Labute approximate surface area is 196 Å². The van der Waals surface area contributed by atoms with E-state index in [4.69, 9.17) is 17.2 Å². The van der Waals surface area contributed by atoms with E-state index in [0.717, 1.165) is 27.5 Å². The summed E-state index contributed by atoms with van der Waals surface area (Å²) in [4.78, 5) is 4.76. The van der Waals surface area contributed by atoms with Gasteiger partial charge in [0, 0.05) is 16.9 Å². The van der Waals surface area contributed by atoms with Gasteiger partial charge in [0.15, 0.2) is 5.11 Å². The molecule has 0 spiro atoms. The van der Waals surface area contributed by atoms with Crippen LogP contribution in [0.15, 0.2) is 97.1 Å². The van der Waals surface area contributed by atoms with E-state index in [1.807, 2.05) is 42.5 Å². The summed E-state index contributed by atoms with van der Waals surface area (Å²) < 4.78 is 1.21. The van der Waals surface area contributed by atoms with E-state index >= 15 is 0 Å². The Kier molecular flexibility index (Phi) is 5.67. The number of nitrogens with one attached hydrogen (secondary N) is 2. The molecule has 0 aliphatic carbocycles. The first-order valence-corrected chi connectivity index (χ1v) is 11.6. The van der Waals surface area contributed by atoms with Gasteiger partial charge in [-0.2, -0.15) is 0 Å². The van der Waals surface area contributed by atoms with E-state index in [2.05, 4.69) is 72.2 Å². The van der Waals surface area contributed by atoms with Crippen molar-refractivity contribution in [2.75, 3.05) is 10.6 Å². The minimum atomic E-state index is 0.556. The van der Waals surface area contributed by atoms with E-state index in [-0.39, 0.29) is 0 Å². The third-order valence-corrected chi connectivity index (χ3v) is 6.45. The summed E-state index contributed by atoms with van der Waals surface area (Å²) in [6.45, 7) is 2.11. The molecule has 3 nitrogen and oxygen atoms in total. The molecule has 1 aromatic heterocycles. The van der Waals surface area contributed by atoms with Gasteiger partial charge >= 0.3 is 0 Å². The van der Waals surface area contributed by atoms with Crippen molar-refractivity contribution in [3.8, 4) is 21.7 Å². The van der Waals surface area contributed by atoms with E-state index in [1.165, 1.54) is 21.4 Å². The minimum absolute atomic E-state index is 0.556. The molecule has 5 aromatic rings. The highest BCUT2D eigenvalue weighted by molar-refractivity contribution is 7.80. The molecule has 0 fully saturated rings. The van der Waals surface area contributed by atoms with Gasteiger partial charge in [0.2, 0.25) is 0 Å². The van der Waals surface area contributed by atoms with Crippen molar-refractivity contribution in [3.63, 3.8) is 0 Å². The molecule has 0 bridgehead atoms. The highest BCUT2D eigenvalue weighted by atomic mass is 32.1. The van der Waals surface area contributed by atoms with E-state index in [1.54, 1.807) is 11.3 Å². The molecule has 0 atom stereocenters. The zero-order valence-electron chi connectivity index (χ0n) is 17.5. The van der Waals surface area contributed by atoms with Gasteiger partial charge in [0.25, 0.3) is 0 Å². The molecule has 156 valence electrons. The summed E-state index contributed by atoms with van der Waals surface area (Å²) in [5.41, 5.74) is 7.65. The van der Waals surface area contributed by atoms with Crippen LogP contribution in [0.5, 0.6) is 0 Å². The van der Waals surface area contributed by atoms with Gasteiger partial charge in [-0.25, -0.2) is 4.98 Å². The van der Waals surface area contributed by atoms with Crippen LogP contribution in [0.25, 0.3) is 31.9 Å². The second-order valence-electron chi connectivity index (χ2n) is 7.59. The van der Waals surface area contributed by atoms with E-state index < -0.39 is 0 Å². The summed E-state index contributed by atoms with van der Waals surface area (Å²) in [7, 11) is 0. The second-order valence-corrected chi connectivity index (χ2v) is 9.03. The number of anilines is 2. The van der Waals surface area contributed by atoms with Crippen LogP contribution >= 0.6 is 23.6 Å². The summed E-state index contributed by atoms with van der Waals surface area (Å²) in [5, 5.41) is 8.08. The van der Waals surface area contributed by atoms with Gasteiger partial charge in [0.05, 0.1) is 10.2 Å². The number of hydrogen-bond donors (Lipinski definition) is 2. The zero-order chi connectivity index (χ0) is 21.9. The average Bonchev–Trinajstić information content (AvgIpc) is 3.24. The fourth-order valence-corrected chi connectivity index (χ4v) is 4.83. The molecular weight excluding hydrogens is 430 g/mol.